The van der Waals surface area contributed by atoms with Gasteiger partial charge >= 0.3 is 0 Å². The maximum absolute atomic E-state index is 11.8. The Morgan fingerprint density at radius 3 is 2.72 bits per heavy atom. The summed E-state index contributed by atoms with van der Waals surface area (Å²) in [6.45, 7) is 0. The number of benzene rings is 1. The van der Waals surface area contributed by atoms with Crippen LogP contribution < -0.4 is 11.1 Å². The van der Waals surface area contributed by atoms with Gasteiger partial charge in [0.1, 0.15) is 0 Å². The molecule has 0 heterocycles. The molecule has 0 saturated heterocycles. The molecule has 0 bridgehead atoms. The van der Waals surface area contributed by atoms with Gasteiger partial charge in [0.25, 0.3) is 0 Å². The van der Waals surface area contributed by atoms with Gasteiger partial charge in [-0.15, -0.1) is 12.4 Å². The second-order valence-electron chi connectivity index (χ2n) is 4.59. The van der Waals surface area contributed by atoms with Crippen molar-refractivity contribution >= 4 is 35.6 Å². The molecule has 18 heavy (non-hydrogen) atoms. The van der Waals surface area contributed by atoms with Gasteiger partial charge in [-0.1, -0.05) is 30.2 Å². The standard InChI is InChI=1S/C13H17ClN2O.ClH/c14-10-5-1-2-7-12(10)16-13(17)8-9-4-3-6-11(9)15;/h1-2,5,7,9,11H,3-4,6,8,15H2,(H,16,17);1H/t9-,11+;/m0./s1. The topological polar surface area (TPSA) is 55.1 Å². The first-order valence-corrected chi connectivity index (χ1v) is 6.34. The monoisotopic (exact) mass is 288 g/mol. The third-order valence-corrected chi connectivity index (χ3v) is 3.64. The van der Waals surface area contributed by atoms with Crippen LogP contribution in [-0.4, -0.2) is 11.9 Å². The SMILES string of the molecule is Cl.N[C@@H]1CCC[C@H]1CC(=O)Nc1ccccc1Cl. The molecule has 3 nitrogen and oxygen atoms in total. The molecular formula is C13H18Cl2N2O. The van der Waals surface area contributed by atoms with Crippen molar-refractivity contribution < 1.29 is 4.79 Å². The molecule has 100 valence electrons. The third kappa shape index (κ3) is 3.87. The fourth-order valence-corrected chi connectivity index (χ4v) is 2.50. The molecule has 1 aromatic rings. The van der Waals surface area contributed by atoms with E-state index in [0.717, 1.165) is 19.3 Å². The van der Waals surface area contributed by atoms with Crippen molar-refractivity contribution in [1.82, 2.24) is 0 Å². The number of anilines is 1. The van der Waals surface area contributed by atoms with Gasteiger partial charge in [-0.25, -0.2) is 0 Å². The van der Waals surface area contributed by atoms with E-state index < -0.39 is 0 Å². The van der Waals surface area contributed by atoms with E-state index in [9.17, 15) is 4.79 Å². The Bertz CT molecular complexity index is 412. The highest BCUT2D eigenvalue weighted by Gasteiger charge is 2.26. The molecule has 1 aromatic carbocycles. The highest BCUT2D eigenvalue weighted by atomic mass is 35.5. The first-order chi connectivity index (χ1) is 8.16. The predicted octanol–water partition coefficient (Wildman–Crippen LogP) is 3.22. The summed E-state index contributed by atoms with van der Waals surface area (Å²) in [5, 5.41) is 3.40. The van der Waals surface area contributed by atoms with Crippen LogP contribution in [0.3, 0.4) is 0 Å². The van der Waals surface area contributed by atoms with E-state index in [4.69, 9.17) is 17.3 Å². The maximum Gasteiger partial charge on any atom is 0.224 e. The fourth-order valence-electron chi connectivity index (χ4n) is 2.32. The van der Waals surface area contributed by atoms with Crippen LogP contribution in [0.2, 0.25) is 5.02 Å². The average Bonchev–Trinajstić information content (AvgIpc) is 2.68. The lowest BCUT2D eigenvalue weighted by Crippen LogP contribution is -2.28. The average molecular weight is 289 g/mol. The highest BCUT2D eigenvalue weighted by Crippen LogP contribution is 2.28. The zero-order chi connectivity index (χ0) is 12.3. The number of para-hydroxylation sites is 1. The minimum atomic E-state index is 0. The molecule has 1 aliphatic carbocycles. The summed E-state index contributed by atoms with van der Waals surface area (Å²) < 4.78 is 0. The van der Waals surface area contributed by atoms with Gasteiger partial charge in [0, 0.05) is 12.5 Å². The molecule has 1 fully saturated rings. The summed E-state index contributed by atoms with van der Waals surface area (Å²) in [4.78, 5) is 11.8. The number of hydrogen-bond donors (Lipinski definition) is 2. The van der Waals surface area contributed by atoms with Crippen molar-refractivity contribution in [1.29, 1.82) is 0 Å². The van der Waals surface area contributed by atoms with E-state index in [1.807, 2.05) is 12.1 Å². The minimum absolute atomic E-state index is 0. The van der Waals surface area contributed by atoms with E-state index >= 15 is 0 Å². The second-order valence-corrected chi connectivity index (χ2v) is 4.99. The number of nitrogens with two attached hydrogens (primary N) is 1. The summed E-state index contributed by atoms with van der Waals surface area (Å²) in [7, 11) is 0. The molecule has 0 radical (unpaired) electrons. The molecule has 2 rings (SSSR count). The van der Waals surface area contributed by atoms with E-state index in [2.05, 4.69) is 5.32 Å². The van der Waals surface area contributed by atoms with Crippen LogP contribution in [-0.2, 0) is 4.79 Å². The van der Waals surface area contributed by atoms with Gasteiger partial charge < -0.3 is 11.1 Å². The molecule has 3 N–H and O–H groups in total. The number of hydrogen-bond acceptors (Lipinski definition) is 2. The Kier molecular flexibility index (Phi) is 5.93. The lowest BCUT2D eigenvalue weighted by atomic mass is 10.00. The Balaban J connectivity index is 0.00000162. The molecule has 0 spiro atoms. The predicted molar refractivity (Wildman–Crippen MR) is 77.3 cm³/mol. The summed E-state index contributed by atoms with van der Waals surface area (Å²) in [6, 6.07) is 7.42. The van der Waals surface area contributed by atoms with Crippen LogP contribution in [0.5, 0.6) is 0 Å². The molecule has 0 aromatic heterocycles. The molecule has 1 amide bonds. The van der Waals surface area contributed by atoms with E-state index in [1.54, 1.807) is 12.1 Å². The van der Waals surface area contributed by atoms with Gasteiger partial charge in [0.15, 0.2) is 0 Å². The van der Waals surface area contributed by atoms with Gasteiger partial charge in [-0.05, 0) is 30.9 Å². The zero-order valence-electron chi connectivity index (χ0n) is 10.1. The molecule has 2 atom stereocenters. The van der Waals surface area contributed by atoms with Crippen LogP contribution in [0.1, 0.15) is 25.7 Å². The number of amides is 1. The quantitative estimate of drug-likeness (QED) is 0.897. The molecule has 0 unspecified atom stereocenters. The Labute approximate surface area is 118 Å². The molecular weight excluding hydrogens is 271 g/mol. The van der Waals surface area contributed by atoms with Crippen molar-refractivity contribution in [3.63, 3.8) is 0 Å². The number of nitrogens with one attached hydrogen (secondary N) is 1. The van der Waals surface area contributed by atoms with Gasteiger partial charge in [-0.3, -0.25) is 4.79 Å². The Morgan fingerprint density at radius 2 is 2.11 bits per heavy atom. The second kappa shape index (κ2) is 6.98. The smallest absolute Gasteiger partial charge is 0.224 e. The molecule has 1 aliphatic rings. The first-order valence-electron chi connectivity index (χ1n) is 5.97. The van der Waals surface area contributed by atoms with E-state index in [-0.39, 0.29) is 24.4 Å². The normalized spacial score (nSPS) is 22.3. The highest BCUT2D eigenvalue weighted by molar-refractivity contribution is 6.33. The van der Waals surface area contributed by atoms with Crippen LogP contribution in [0.4, 0.5) is 5.69 Å². The van der Waals surface area contributed by atoms with Gasteiger partial charge in [0.05, 0.1) is 10.7 Å². The van der Waals surface area contributed by atoms with Crippen LogP contribution in [0.25, 0.3) is 0 Å². The van der Waals surface area contributed by atoms with Crippen LogP contribution in [0, 0.1) is 5.92 Å². The van der Waals surface area contributed by atoms with Gasteiger partial charge in [0.2, 0.25) is 5.91 Å². The van der Waals surface area contributed by atoms with Crippen molar-refractivity contribution in [3.8, 4) is 0 Å². The van der Waals surface area contributed by atoms with E-state index in [0.29, 0.717) is 23.0 Å². The number of rotatable bonds is 3. The maximum atomic E-state index is 11.8. The van der Waals surface area contributed by atoms with Crippen molar-refractivity contribution in [2.45, 2.75) is 31.7 Å². The largest absolute Gasteiger partial charge is 0.327 e. The third-order valence-electron chi connectivity index (χ3n) is 3.31. The molecule has 0 aliphatic heterocycles. The van der Waals surface area contributed by atoms with Gasteiger partial charge in [-0.2, -0.15) is 0 Å². The fraction of sp³-hybridized carbons (Fsp3) is 0.462. The van der Waals surface area contributed by atoms with Crippen molar-refractivity contribution in [2.75, 3.05) is 5.32 Å². The zero-order valence-corrected chi connectivity index (χ0v) is 11.6. The summed E-state index contributed by atoms with van der Waals surface area (Å²) in [5.74, 6) is 0.318. The summed E-state index contributed by atoms with van der Waals surface area (Å²) >= 11 is 5.97. The molecule has 1 saturated carbocycles. The van der Waals surface area contributed by atoms with Crippen LogP contribution >= 0.6 is 24.0 Å². The number of carbonyl (C=O) groups is 1. The van der Waals surface area contributed by atoms with E-state index in [1.165, 1.54) is 0 Å². The minimum Gasteiger partial charge on any atom is -0.327 e. The van der Waals surface area contributed by atoms with Crippen molar-refractivity contribution in [3.05, 3.63) is 29.3 Å². The lowest BCUT2D eigenvalue weighted by molar-refractivity contribution is -0.117. The Morgan fingerprint density at radius 1 is 1.39 bits per heavy atom. The number of halogens is 2. The molecule has 5 heteroatoms. The Hall–Kier alpha value is -0.770. The number of carbonyl (C=O) groups excluding carboxylic acids is 1. The lowest BCUT2D eigenvalue weighted by Gasteiger charge is -2.15. The van der Waals surface area contributed by atoms with Crippen molar-refractivity contribution in [2.24, 2.45) is 11.7 Å². The summed E-state index contributed by atoms with van der Waals surface area (Å²) in [5.41, 5.74) is 6.62. The summed E-state index contributed by atoms with van der Waals surface area (Å²) in [6.07, 6.45) is 3.71. The van der Waals surface area contributed by atoms with Crippen LogP contribution in [0.15, 0.2) is 24.3 Å². The first kappa shape index (κ1) is 15.3.